The molecule has 4 nitrogen and oxygen atoms in total. The molecule has 118 valence electrons. The van der Waals surface area contributed by atoms with Crippen LogP contribution in [0.5, 0.6) is 0 Å². The van der Waals surface area contributed by atoms with Gasteiger partial charge in [0.25, 0.3) is 0 Å². The first-order valence-corrected chi connectivity index (χ1v) is 8.52. The number of rotatable bonds is 7. The van der Waals surface area contributed by atoms with Gasteiger partial charge in [0.2, 0.25) is 5.91 Å². The average molecular weight is 309 g/mol. The van der Waals surface area contributed by atoms with Gasteiger partial charge in [-0.25, -0.2) is 9.97 Å². The maximum absolute atomic E-state index is 11.9. The zero-order valence-electron chi connectivity index (χ0n) is 14.0. The van der Waals surface area contributed by atoms with Crippen LogP contribution in [0.15, 0.2) is 5.16 Å². The number of hydrogen-bond donors (Lipinski definition) is 1. The SMILES string of the molecule is Cc1nc(SCC(=O)N[C@H](C)CCC(C)C)nc(C)c1C. The monoisotopic (exact) mass is 309 g/mol. The quantitative estimate of drug-likeness (QED) is 0.619. The maximum atomic E-state index is 11.9. The summed E-state index contributed by atoms with van der Waals surface area (Å²) < 4.78 is 0. The van der Waals surface area contributed by atoms with E-state index in [0.717, 1.165) is 29.8 Å². The fourth-order valence-electron chi connectivity index (χ4n) is 1.91. The molecule has 0 fully saturated rings. The minimum atomic E-state index is 0.0516. The van der Waals surface area contributed by atoms with E-state index in [2.05, 4.69) is 36.1 Å². The molecule has 1 aromatic heterocycles. The van der Waals surface area contributed by atoms with Gasteiger partial charge in [-0.1, -0.05) is 25.6 Å². The van der Waals surface area contributed by atoms with Crippen molar-refractivity contribution < 1.29 is 4.79 Å². The van der Waals surface area contributed by atoms with Gasteiger partial charge < -0.3 is 5.32 Å². The van der Waals surface area contributed by atoms with Crippen molar-refractivity contribution in [2.45, 2.75) is 65.6 Å². The van der Waals surface area contributed by atoms with E-state index in [1.807, 2.05) is 20.8 Å². The van der Waals surface area contributed by atoms with Gasteiger partial charge in [-0.3, -0.25) is 4.79 Å². The van der Waals surface area contributed by atoms with E-state index >= 15 is 0 Å². The Bertz CT molecular complexity index is 465. The molecule has 1 aromatic rings. The van der Waals surface area contributed by atoms with Crippen LogP contribution in [0, 0.1) is 26.7 Å². The Morgan fingerprint density at radius 2 is 1.67 bits per heavy atom. The van der Waals surface area contributed by atoms with Crippen molar-refractivity contribution in [3.63, 3.8) is 0 Å². The second-order valence-electron chi connectivity index (χ2n) is 6.03. The number of carbonyl (C=O) groups is 1. The van der Waals surface area contributed by atoms with Gasteiger partial charge >= 0.3 is 0 Å². The highest BCUT2D eigenvalue weighted by molar-refractivity contribution is 7.99. The smallest absolute Gasteiger partial charge is 0.230 e. The highest BCUT2D eigenvalue weighted by Gasteiger charge is 2.11. The van der Waals surface area contributed by atoms with E-state index < -0.39 is 0 Å². The van der Waals surface area contributed by atoms with Crippen molar-refractivity contribution in [2.75, 3.05) is 5.75 Å². The zero-order valence-corrected chi connectivity index (χ0v) is 14.8. The summed E-state index contributed by atoms with van der Waals surface area (Å²) in [4.78, 5) is 20.8. The predicted octanol–water partition coefficient (Wildman–Crippen LogP) is 3.43. The number of aryl methyl sites for hydroxylation is 2. The van der Waals surface area contributed by atoms with Gasteiger partial charge in [-0.2, -0.15) is 0 Å². The van der Waals surface area contributed by atoms with Crippen molar-refractivity contribution in [3.8, 4) is 0 Å². The molecule has 1 atom stereocenters. The molecule has 5 heteroatoms. The van der Waals surface area contributed by atoms with Crippen LogP contribution < -0.4 is 5.32 Å². The van der Waals surface area contributed by atoms with Crippen molar-refractivity contribution >= 4 is 17.7 Å². The number of amides is 1. The van der Waals surface area contributed by atoms with Crippen molar-refractivity contribution in [2.24, 2.45) is 5.92 Å². The normalized spacial score (nSPS) is 12.5. The molecule has 0 aliphatic rings. The third-order valence-electron chi connectivity index (χ3n) is 3.53. The zero-order chi connectivity index (χ0) is 16.0. The molecule has 0 radical (unpaired) electrons. The number of hydrogen-bond acceptors (Lipinski definition) is 4. The van der Waals surface area contributed by atoms with Gasteiger partial charge in [0.1, 0.15) is 0 Å². The van der Waals surface area contributed by atoms with Crippen LogP contribution in [-0.2, 0) is 4.79 Å². The number of aromatic nitrogens is 2. The summed E-state index contributed by atoms with van der Waals surface area (Å²) >= 11 is 1.40. The third kappa shape index (κ3) is 6.46. The van der Waals surface area contributed by atoms with Gasteiger partial charge in [0.15, 0.2) is 5.16 Å². The lowest BCUT2D eigenvalue weighted by molar-refractivity contribution is -0.119. The molecule has 0 saturated heterocycles. The Balaban J connectivity index is 2.43. The van der Waals surface area contributed by atoms with Gasteiger partial charge in [-0.15, -0.1) is 0 Å². The van der Waals surface area contributed by atoms with Crippen LogP contribution in [0.2, 0.25) is 0 Å². The third-order valence-corrected chi connectivity index (χ3v) is 4.38. The summed E-state index contributed by atoms with van der Waals surface area (Å²) in [5.41, 5.74) is 3.08. The van der Waals surface area contributed by atoms with Gasteiger partial charge in [-0.05, 0) is 52.0 Å². The molecule has 0 bridgehead atoms. The van der Waals surface area contributed by atoms with E-state index in [0.29, 0.717) is 16.8 Å². The first-order chi connectivity index (χ1) is 9.79. The molecule has 0 unspecified atom stereocenters. The Hall–Kier alpha value is -1.10. The van der Waals surface area contributed by atoms with Crippen molar-refractivity contribution in [1.82, 2.24) is 15.3 Å². The fourth-order valence-corrected chi connectivity index (χ4v) is 2.65. The van der Waals surface area contributed by atoms with E-state index in [4.69, 9.17) is 0 Å². The summed E-state index contributed by atoms with van der Waals surface area (Å²) in [7, 11) is 0. The highest BCUT2D eigenvalue weighted by atomic mass is 32.2. The number of carbonyl (C=O) groups excluding carboxylic acids is 1. The summed E-state index contributed by atoms with van der Waals surface area (Å²) in [5.74, 6) is 1.09. The molecule has 21 heavy (non-hydrogen) atoms. The Kier molecular flexibility index (Phi) is 7.15. The second kappa shape index (κ2) is 8.37. The Morgan fingerprint density at radius 3 is 2.19 bits per heavy atom. The summed E-state index contributed by atoms with van der Waals surface area (Å²) in [6.45, 7) is 12.4. The molecule has 1 N–H and O–H groups in total. The molecule has 1 rings (SSSR count). The summed E-state index contributed by atoms with van der Waals surface area (Å²) in [6.07, 6.45) is 2.15. The lowest BCUT2D eigenvalue weighted by Gasteiger charge is -2.15. The van der Waals surface area contributed by atoms with Crippen LogP contribution in [0.3, 0.4) is 0 Å². The molecule has 0 aromatic carbocycles. The van der Waals surface area contributed by atoms with Gasteiger partial charge in [0.05, 0.1) is 5.75 Å². The molecule has 0 aliphatic heterocycles. The van der Waals surface area contributed by atoms with Crippen LogP contribution in [-0.4, -0.2) is 27.7 Å². The minimum Gasteiger partial charge on any atom is -0.353 e. The lowest BCUT2D eigenvalue weighted by atomic mass is 10.0. The largest absolute Gasteiger partial charge is 0.353 e. The van der Waals surface area contributed by atoms with Crippen molar-refractivity contribution in [3.05, 3.63) is 17.0 Å². The van der Waals surface area contributed by atoms with E-state index in [-0.39, 0.29) is 11.9 Å². The Labute approximate surface area is 132 Å². The van der Waals surface area contributed by atoms with Crippen LogP contribution in [0.1, 0.15) is 50.6 Å². The second-order valence-corrected chi connectivity index (χ2v) is 6.97. The molecular weight excluding hydrogens is 282 g/mol. The van der Waals surface area contributed by atoms with E-state index in [9.17, 15) is 4.79 Å². The minimum absolute atomic E-state index is 0.0516. The van der Waals surface area contributed by atoms with E-state index in [1.54, 1.807) is 0 Å². The van der Waals surface area contributed by atoms with Crippen LogP contribution in [0.4, 0.5) is 0 Å². The predicted molar refractivity (Wildman–Crippen MR) is 88.6 cm³/mol. The standard InChI is InChI=1S/C16H27N3OS/c1-10(2)7-8-11(3)17-15(20)9-21-16-18-13(5)12(4)14(6)19-16/h10-11H,7-9H2,1-6H3,(H,17,20)/t11-/m1/s1. The molecule has 1 amide bonds. The van der Waals surface area contributed by atoms with E-state index in [1.165, 1.54) is 11.8 Å². The highest BCUT2D eigenvalue weighted by Crippen LogP contribution is 2.17. The lowest BCUT2D eigenvalue weighted by Crippen LogP contribution is -2.34. The molecule has 1 heterocycles. The van der Waals surface area contributed by atoms with Crippen molar-refractivity contribution in [1.29, 1.82) is 0 Å². The molecule has 0 aliphatic carbocycles. The first kappa shape index (κ1) is 18.0. The number of nitrogens with zero attached hydrogens (tertiary/aromatic N) is 2. The maximum Gasteiger partial charge on any atom is 0.230 e. The van der Waals surface area contributed by atoms with Crippen LogP contribution >= 0.6 is 11.8 Å². The average Bonchev–Trinajstić information content (AvgIpc) is 2.40. The summed E-state index contributed by atoms with van der Waals surface area (Å²) in [5, 5.41) is 3.71. The summed E-state index contributed by atoms with van der Waals surface area (Å²) in [6, 6.07) is 0.225. The molecular formula is C16H27N3OS. The molecule has 0 saturated carbocycles. The van der Waals surface area contributed by atoms with Crippen LogP contribution in [0.25, 0.3) is 0 Å². The topological polar surface area (TPSA) is 54.9 Å². The first-order valence-electron chi connectivity index (χ1n) is 7.53. The number of nitrogens with one attached hydrogen (secondary N) is 1. The Morgan fingerprint density at radius 1 is 1.10 bits per heavy atom. The van der Waals surface area contributed by atoms with Gasteiger partial charge in [0, 0.05) is 17.4 Å². The number of thioether (sulfide) groups is 1. The molecule has 0 spiro atoms. The fraction of sp³-hybridized carbons (Fsp3) is 0.688.